The summed E-state index contributed by atoms with van der Waals surface area (Å²) < 4.78 is 0.967. The maximum absolute atomic E-state index is 11.3. The number of amides is 2. The van der Waals surface area contributed by atoms with Gasteiger partial charge in [0.15, 0.2) is 5.13 Å². The Labute approximate surface area is 102 Å². The summed E-state index contributed by atoms with van der Waals surface area (Å²) in [7, 11) is 0. The number of aromatic hydroxyl groups is 1. The number of aryl methyl sites for hydroxylation is 1. The minimum atomic E-state index is -0.270. The molecule has 0 spiro atoms. The van der Waals surface area contributed by atoms with Crippen molar-refractivity contribution in [3.8, 4) is 5.75 Å². The second kappa shape index (κ2) is 4.58. The van der Waals surface area contributed by atoms with E-state index in [4.69, 9.17) is 0 Å². The predicted octanol–water partition coefficient (Wildman–Crippen LogP) is 2.45. The molecule has 17 heavy (non-hydrogen) atoms. The summed E-state index contributed by atoms with van der Waals surface area (Å²) >= 11 is 1.39. The first-order valence-electron chi connectivity index (χ1n) is 5.25. The standard InChI is InChI=1S/C11H13N3O2S/c1-3-12-10(16)14-11-13-8-5-7(15)4-6(2)9(8)17-11/h4-5,15H,3H2,1-2H3,(H2,12,13,14,16). The molecule has 1 aromatic carbocycles. The number of aromatic nitrogens is 1. The number of urea groups is 1. The number of hydrogen-bond acceptors (Lipinski definition) is 4. The Morgan fingerprint density at radius 3 is 3.00 bits per heavy atom. The second-order valence-corrected chi connectivity index (χ2v) is 4.61. The fraction of sp³-hybridized carbons (Fsp3) is 0.273. The van der Waals surface area contributed by atoms with Crippen LogP contribution in [-0.2, 0) is 0 Å². The van der Waals surface area contributed by atoms with Gasteiger partial charge in [-0.3, -0.25) is 5.32 Å². The highest BCUT2D eigenvalue weighted by Gasteiger charge is 2.09. The van der Waals surface area contributed by atoms with Gasteiger partial charge in [0, 0.05) is 12.6 Å². The lowest BCUT2D eigenvalue weighted by molar-refractivity contribution is 0.252. The topological polar surface area (TPSA) is 74.2 Å². The van der Waals surface area contributed by atoms with Gasteiger partial charge in [0.05, 0.1) is 10.2 Å². The molecule has 0 fully saturated rings. The van der Waals surface area contributed by atoms with E-state index < -0.39 is 0 Å². The Morgan fingerprint density at radius 1 is 1.53 bits per heavy atom. The molecular formula is C11H13N3O2S. The van der Waals surface area contributed by atoms with E-state index in [-0.39, 0.29) is 11.8 Å². The highest BCUT2D eigenvalue weighted by molar-refractivity contribution is 7.22. The zero-order chi connectivity index (χ0) is 12.4. The summed E-state index contributed by atoms with van der Waals surface area (Å²) in [6.45, 7) is 4.31. The number of carbonyl (C=O) groups is 1. The van der Waals surface area contributed by atoms with Crippen LogP contribution in [0.2, 0.25) is 0 Å². The average Bonchev–Trinajstić information content (AvgIpc) is 2.60. The zero-order valence-electron chi connectivity index (χ0n) is 9.57. The van der Waals surface area contributed by atoms with Crippen LogP contribution >= 0.6 is 11.3 Å². The number of benzene rings is 1. The van der Waals surface area contributed by atoms with Gasteiger partial charge in [-0.25, -0.2) is 9.78 Å². The molecule has 0 saturated carbocycles. The molecule has 0 unspecified atom stereocenters. The molecule has 0 bridgehead atoms. The van der Waals surface area contributed by atoms with Crippen LogP contribution in [0.25, 0.3) is 10.2 Å². The average molecular weight is 251 g/mol. The van der Waals surface area contributed by atoms with Crippen LogP contribution in [0.3, 0.4) is 0 Å². The molecular weight excluding hydrogens is 238 g/mol. The summed E-state index contributed by atoms with van der Waals surface area (Å²) in [6, 6.07) is 2.99. The number of phenols is 1. The SMILES string of the molecule is CCNC(=O)Nc1nc2cc(O)cc(C)c2s1. The number of anilines is 1. The van der Waals surface area contributed by atoms with E-state index in [1.165, 1.54) is 11.3 Å². The molecule has 2 amide bonds. The normalized spacial score (nSPS) is 10.5. The highest BCUT2D eigenvalue weighted by Crippen LogP contribution is 2.31. The molecule has 90 valence electrons. The van der Waals surface area contributed by atoms with Crippen LogP contribution < -0.4 is 10.6 Å². The maximum Gasteiger partial charge on any atom is 0.321 e. The second-order valence-electron chi connectivity index (χ2n) is 3.61. The number of nitrogens with one attached hydrogen (secondary N) is 2. The van der Waals surface area contributed by atoms with Gasteiger partial charge in [0.1, 0.15) is 5.75 Å². The molecule has 6 heteroatoms. The van der Waals surface area contributed by atoms with Gasteiger partial charge < -0.3 is 10.4 Å². The number of carbonyl (C=O) groups excluding carboxylic acids is 1. The summed E-state index contributed by atoms with van der Waals surface area (Å²) in [5, 5.41) is 15.3. The molecule has 0 saturated heterocycles. The van der Waals surface area contributed by atoms with Crippen molar-refractivity contribution in [3.63, 3.8) is 0 Å². The van der Waals surface area contributed by atoms with E-state index in [9.17, 15) is 9.90 Å². The first kappa shape index (κ1) is 11.7. The number of nitrogens with zero attached hydrogens (tertiary/aromatic N) is 1. The molecule has 2 aromatic rings. The van der Waals surface area contributed by atoms with Crippen molar-refractivity contribution in [1.82, 2.24) is 10.3 Å². The van der Waals surface area contributed by atoms with Crippen LogP contribution in [0.15, 0.2) is 12.1 Å². The smallest absolute Gasteiger partial charge is 0.321 e. The van der Waals surface area contributed by atoms with Crippen molar-refractivity contribution in [2.45, 2.75) is 13.8 Å². The fourth-order valence-electron chi connectivity index (χ4n) is 1.54. The number of rotatable bonds is 2. The molecule has 3 N–H and O–H groups in total. The Balaban J connectivity index is 2.32. The van der Waals surface area contributed by atoms with Crippen molar-refractivity contribution in [2.24, 2.45) is 0 Å². The van der Waals surface area contributed by atoms with Gasteiger partial charge >= 0.3 is 6.03 Å². The zero-order valence-corrected chi connectivity index (χ0v) is 10.4. The minimum absolute atomic E-state index is 0.185. The van der Waals surface area contributed by atoms with Crippen molar-refractivity contribution >= 4 is 32.7 Å². The van der Waals surface area contributed by atoms with Crippen molar-refractivity contribution < 1.29 is 9.90 Å². The lowest BCUT2D eigenvalue weighted by atomic mass is 10.2. The number of hydrogen-bond donors (Lipinski definition) is 3. The monoisotopic (exact) mass is 251 g/mol. The van der Waals surface area contributed by atoms with Crippen molar-refractivity contribution in [3.05, 3.63) is 17.7 Å². The third-order valence-corrected chi connectivity index (χ3v) is 3.34. The summed E-state index contributed by atoms with van der Waals surface area (Å²) in [4.78, 5) is 15.6. The number of thiazole rings is 1. The molecule has 0 radical (unpaired) electrons. The Bertz CT molecular complexity index is 565. The Hall–Kier alpha value is -1.82. The molecule has 5 nitrogen and oxygen atoms in total. The van der Waals surface area contributed by atoms with Crippen molar-refractivity contribution in [2.75, 3.05) is 11.9 Å². The molecule has 0 aliphatic rings. The molecule has 2 rings (SSSR count). The third kappa shape index (κ3) is 2.47. The van der Waals surface area contributed by atoms with Crippen LogP contribution in [0.4, 0.5) is 9.93 Å². The molecule has 1 aromatic heterocycles. The van der Waals surface area contributed by atoms with Crippen LogP contribution in [0.1, 0.15) is 12.5 Å². The largest absolute Gasteiger partial charge is 0.508 e. The van der Waals surface area contributed by atoms with Gasteiger partial charge in [0.25, 0.3) is 0 Å². The first-order valence-corrected chi connectivity index (χ1v) is 6.07. The molecule has 1 heterocycles. The summed E-state index contributed by atoms with van der Waals surface area (Å²) in [6.07, 6.45) is 0. The summed E-state index contributed by atoms with van der Waals surface area (Å²) in [5.74, 6) is 0.185. The van der Waals surface area contributed by atoms with E-state index >= 15 is 0 Å². The van der Waals surface area contributed by atoms with Crippen molar-refractivity contribution in [1.29, 1.82) is 0 Å². The first-order chi connectivity index (χ1) is 8.10. The molecule has 0 aliphatic carbocycles. The molecule has 0 aliphatic heterocycles. The van der Waals surface area contributed by atoms with Gasteiger partial charge in [-0.15, -0.1) is 0 Å². The van der Waals surface area contributed by atoms with Gasteiger partial charge in [-0.05, 0) is 25.5 Å². The quantitative estimate of drug-likeness (QED) is 0.767. The van der Waals surface area contributed by atoms with Gasteiger partial charge in [0.2, 0.25) is 0 Å². The Kier molecular flexibility index (Phi) is 3.14. The lowest BCUT2D eigenvalue weighted by Gasteiger charge is -2.00. The van der Waals surface area contributed by atoms with Gasteiger partial charge in [-0.1, -0.05) is 11.3 Å². The van der Waals surface area contributed by atoms with E-state index in [0.29, 0.717) is 17.2 Å². The van der Waals surface area contributed by atoms with E-state index in [0.717, 1.165) is 10.3 Å². The maximum atomic E-state index is 11.3. The number of phenolic OH excluding ortho intramolecular Hbond substituents is 1. The van der Waals surface area contributed by atoms with E-state index in [2.05, 4.69) is 15.6 Å². The number of fused-ring (bicyclic) bond motifs is 1. The predicted molar refractivity (Wildman–Crippen MR) is 68.7 cm³/mol. The van der Waals surface area contributed by atoms with Crippen LogP contribution in [0, 0.1) is 6.92 Å². The summed E-state index contributed by atoms with van der Waals surface area (Å²) in [5.41, 5.74) is 1.64. The van der Waals surface area contributed by atoms with Crippen LogP contribution in [0.5, 0.6) is 5.75 Å². The van der Waals surface area contributed by atoms with E-state index in [1.807, 2.05) is 13.8 Å². The third-order valence-electron chi connectivity index (χ3n) is 2.22. The van der Waals surface area contributed by atoms with Gasteiger partial charge in [-0.2, -0.15) is 0 Å². The fourth-order valence-corrected chi connectivity index (χ4v) is 2.45. The Morgan fingerprint density at radius 2 is 2.29 bits per heavy atom. The highest BCUT2D eigenvalue weighted by atomic mass is 32.1. The van der Waals surface area contributed by atoms with E-state index in [1.54, 1.807) is 12.1 Å². The minimum Gasteiger partial charge on any atom is -0.508 e. The lowest BCUT2D eigenvalue weighted by Crippen LogP contribution is -2.28. The molecule has 0 atom stereocenters. The van der Waals surface area contributed by atoms with Crippen LogP contribution in [-0.4, -0.2) is 22.7 Å².